The summed E-state index contributed by atoms with van der Waals surface area (Å²) >= 11 is 3.03. The van der Waals surface area contributed by atoms with Crippen molar-refractivity contribution in [2.45, 2.75) is 45.6 Å². The van der Waals surface area contributed by atoms with Crippen molar-refractivity contribution in [1.82, 2.24) is 20.5 Å². The predicted molar refractivity (Wildman–Crippen MR) is 83.8 cm³/mol. The molecule has 1 N–H and O–H groups in total. The first-order valence-electron chi connectivity index (χ1n) is 7.11. The number of aryl methyl sites for hydroxylation is 1. The molecule has 0 radical (unpaired) electrons. The molecule has 2 heterocycles. The zero-order valence-corrected chi connectivity index (χ0v) is 13.9. The molecular weight excluding hydrogens is 304 g/mol. The van der Waals surface area contributed by atoms with Gasteiger partial charge in [0.2, 0.25) is 5.01 Å². The van der Waals surface area contributed by atoms with E-state index in [2.05, 4.69) is 20.5 Å². The highest BCUT2D eigenvalue weighted by Crippen LogP contribution is 2.42. The van der Waals surface area contributed by atoms with E-state index in [1.165, 1.54) is 16.2 Å². The number of nitrogens with one attached hydrogen (secondary N) is 1. The summed E-state index contributed by atoms with van der Waals surface area (Å²) in [5, 5.41) is 13.5. The van der Waals surface area contributed by atoms with E-state index in [9.17, 15) is 4.79 Å². The number of carbonyl (C=O) groups is 1. The predicted octanol–water partition coefficient (Wildman–Crippen LogP) is 3.31. The fraction of sp³-hybridized carbons (Fsp3) is 0.571. The van der Waals surface area contributed by atoms with Crippen LogP contribution in [0.1, 0.15) is 63.3 Å². The van der Waals surface area contributed by atoms with Crippen molar-refractivity contribution in [2.75, 3.05) is 0 Å². The number of hydrogen-bond acceptors (Lipinski definition) is 6. The molecule has 0 spiro atoms. The third kappa shape index (κ3) is 3.29. The van der Waals surface area contributed by atoms with Gasteiger partial charge in [-0.1, -0.05) is 25.2 Å². The van der Waals surface area contributed by atoms with E-state index in [-0.39, 0.29) is 11.9 Å². The Morgan fingerprint density at radius 3 is 2.57 bits per heavy atom. The first-order chi connectivity index (χ1) is 10.0. The van der Waals surface area contributed by atoms with Gasteiger partial charge in [-0.05, 0) is 25.7 Å². The van der Waals surface area contributed by atoms with E-state index < -0.39 is 0 Å². The quantitative estimate of drug-likeness (QED) is 0.917. The number of hydrogen-bond donors (Lipinski definition) is 1. The normalized spacial score (nSPS) is 16.2. The second kappa shape index (κ2) is 5.81. The van der Waals surface area contributed by atoms with Crippen molar-refractivity contribution in [2.24, 2.45) is 5.92 Å². The SMILES string of the molecule is Cc1cnc(C(NC(=O)c2nnc(C(C)C)s2)C2CC2)s1. The molecule has 2 aromatic rings. The molecule has 0 bridgehead atoms. The van der Waals surface area contributed by atoms with E-state index in [1.807, 2.05) is 27.0 Å². The Kier molecular flexibility index (Phi) is 4.03. The van der Waals surface area contributed by atoms with Crippen LogP contribution in [0.3, 0.4) is 0 Å². The summed E-state index contributed by atoms with van der Waals surface area (Å²) in [4.78, 5) is 18.0. The molecule has 0 aromatic carbocycles. The number of thiazole rings is 1. The molecule has 1 amide bonds. The Morgan fingerprint density at radius 2 is 2.05 bits per heavy atom. The van der Waals surface area contributed by atoms with Gasteiger partial charge < -0.3 is 5.32 Å². The van der Waals surface area contributed by atoms with Crippen molar-refractivity contribution in [3.05, 3.63) is 26.1 Å². The number of rotatable bonds is 5. The molecule has 0 aliphatic heterocycles. The highest BCUT2D eigenvalue weighted by atomic mass is 32.1. The zero-order chi connectivity index (χ0) is 15.0. The Bertz CT molecular complexity index is 645. The summed E-state index contributed by atoms with van der Waals surface area (Å²) in [6.07, 6.45) is 4.16. The maximum Gasteiger partial charge on any atom is 0.282 e. The second-order valence-electron chi connectivity index (χ2n) is 5.70. The minimum absolute atomic E-state index is 0.0163. The minimum Gasteiger partial charge on any atom is -0.340 e. The molecule has 21 heavy (non-hydrogen) atoms. The third-order valence-electron chi connectivity index (χ3n) is 3.41. The summed E-state index contributed by atoms with van der Waals surface area (Å²) in [7, 11) is 0. The van der Waals surface area contributed by atoms with Gasteiger partial charge in [-0.2, -0.15) is 0 Å². The van der Waals surface area contributed by atoms with Crippen LogP contribution in [0.25, 0.3) is 0 Å². The lowest BCUT2D eigenvalue weighted by Crippen LogP contribution is -2.29. The second-order valence-corrected chi connectivity index (χ2v) is 7.97. The lowest BCUT2D eigenvalue weighted by Gasteiger charge is -2.14. The Balaban J connectivity index is 1.74. The molecule has 112 valence electrons. The summed E-state index contributed by atoms with van der Waals surface area (Å²) in [6, 6.07) is 0.0163. The van der Waals surface area contributed by atoms with Gasteiger partial charge in [0.1, 0.15) is 10.0 Å². The van der Waals surface area contributed by atoms with Gasteiger partial charge in [-0.25, -0.2) is 4.98 Å². The van der Waals surface area contributed by atoms with Crippen LogP contribution in [0, 0.1) is 12.8 Å². The van der Waals surface area contributed by atoms with Crippen LogP contribution in [-0.2, 0) is 0 Å². The lowest BCUT2D eigenvalue weighted by atomic mass is 10.2. The summed E-state index contributed by atoms with van der Waals surface area (Å²) in [5.41, 5.74) is 0. The molecule has 3 rings (SSSR count). The van der Waals surface area contributed by atoms with Crippen LogP contribution in [0.5, 0.6) is 0 Å². The molecule has 1 fully saturated rings. The minimum atomic E-state index is -0.135. The van der Waals surface area contributed by atoms with E-state index in [0.29, 0.717) is 16.8 Å². The molecular formula is C14H18N4OS2. The number of aromatic nitrogens is 3. The maximum absolute atomic E-state index is 12.4. The van der Waals surface area contributed by atoms with E-state index in [4.69, 9.17) is 0 Å². The number of amides is 1. The van der Waals surface area contributed by atoms with Crippen LogP contribution < -0.4 is 5.32 Å². The zero-order valence-electron chi connectivity index (χ0n) is 12.3. The standard InChI is InChI=1S/C14H18N4OS2/c1-7(2)12-17-18-14(21-12)11(19)16-10(9-4-5-9)13-15-6-8(3)20-13/h6-7,9-10H,4-5H2,1-3H3,(H,16,19). The first-order valence-corrected chi connectivity index (χ1v) is 8.74. The van der Waals surface area contributed by atoms with Gasteiger partial charge >= 0.3 is 0 Å². The van der Waals surface area contributed by atoms with Crippen LogP contribution in [-0.4, -0.2) is 21.1 Å². The molecule has 5 nitrogen and oxygen atoms in total. The topological polar surface area (TPSA) is 67.8 Å². The fourth-order valence-electron chi connectivity index (χ4n) is 2.09. The van der Waals surface area contributed by atoms with Gasteiger partial charge in [0.15, 0.2) is 0 Å². The van der Waals surface area contributed by atoms with Gasteiger partial charge in [0.25, 0.3) is 5.91 Å². The highest BCUT2D eigenvalue weighted by Gasteiger charge is 2.36. The highest BCUT2D eigenvalue weighted by molar-refractivity contribution is 7.13. The van der Waals surface area contributed by atoms with E-state index in [1.54, 1.807) is 11.3 Å². The average molecular weight is 322 g/mol. The lowest BCUT2D eigenvalue weighted by molar-refractivity contribution is 0.0930. The van der Waals surface area contributed by atoms with Crippen LogP contribution in [0.15, 0.2) is 6.20 Å². The molecule has 7 heteroatoms. The van der Waals surface area contributed by atoms with Gasteiger partial charge in [-0.3, -0.25) is 4.79 Å². The fourth-order valence-corrected chi connectivity index (χ4v) is 3.76. The molecule has 1 aliphatic carbocycles. The van der Waals surface area contributed by atoms with Gasteiger partial charge in [0.05, 0.1) is 6.04 Å². The third-order valence-corrected chi connectivity index (χ3v) is 5.63. The Hall–Kier alpha value is -1.34. The van der Waals surface area contributed by atoms with Crippen LogP contribution in [0.2, 0.25) is 0 Å². The molecule has 2 aromatic heterocycles. The summed E-state index contributed by atoms with van der Waals surface area (Å²) in [5.74, 6) is 0.672. The number of carbonyl (C=O) groups excluding carboxylic acids is 1. The van der Waals surface area contributed by atoms with Crippen molar-refractivity contribution in [1.29, 1.82) is 0 Å². The van der Waals surface area contributed by atoms with Crippen LogP contribution >= 0.6 is 22.7 Å². The monoisotopic (exact) mass is 322 g/mol. The van der Waals surface area contributed by atoms with Crippen molar-refractivity contribution in [3.8, 4) is 0 Å². The first kappa shape index (κ1) is 14.6. The largest absolute Gasteiger partial charge is 0.340 e. The van der Waals surface area contributed by atoms with Crippen LogP contribution in [0.4, 0.5) is 0 Å². The Labute approximate surface area is 131 Å². The summed E-state index contributed by atoms with van der Waals surface area (Å²) < 4.78 is 0. The smallest absolute Gasteiger partial charge is 0.282 e. The molecule has 1 aliphatic rings. The molecule has 1 unspecified atom stereocenters. The van der Waals surface area contributed by atoms with Gasteiger partial charge in [-0.15, -0.1) is 21.5 Å². The van der Waals surface area contributed by atoms with Crippen molar-refractivity contribution < 1.29 is 4.79 Å². The molecule has 1 atom stereocenters. The Morgan fingerprint density at radius 1 is 1.29 bits per heavy atom. The maximum atomic E-state index is 12.4. The number of nitrogens with zero attached hydrogens (tertiary/aromatic N) is 3. The van der Waals surface area contributed by atoms with Crippen molar-refractivity contribution in [3.63, 3.8) is 0 Å². The average Bonchev–Trinajstić information content (AvgIpc) is 2.98. The van der Waals surface area contributed by atoms with Gasteiger partial charge in [0, 0.05) is 17.0 Å². The van der Waals surface area contributed by atoms with E-state index in [0.717, 1.165) is 22.9 Å². The molecule has 0 saturated heterocycles. The van der Waals surface area contributed by atoms with Crippen molar-refractivity contribution >= 4 is 28.6 Å². The summed E-state index contributed by atoms with van der Waals surface area (Å²) in [6.45, 7) is 6.13. The molecule has 1 saturated carbocycles. The van der Waals surface area contributed by atoms with E-state index >= 15 is 0 Å².